The molecule has 0 heterocycles. The van der Waals surface area contributed by atoms with Crippen molar-refractivity contribution in [3.05, 3.63) is 0 Å². The second-order valence-corrected chi connectivity index (χ2v) is 7.71. The number of aliphatic imine (C=N–C) groups is 1. The molecular formula is C19H37N9O6. The van der Waals surface area contributed by atoms with E-state index in [2.05, 4.69) is 20.9 Å². The lowest BCUT2D eigenvalue weighted by Crippen LogP contribution is -2.57. The van der Waals surface area contributed by atoms with Crippen LogP contribution in [0.5, 0.6) is 0 Å². The Labute approximate surface area is 197 Å². The van der Waals surface area contributed by atoms with E-state index in [1.807, 2.05) is 0 Å². The summed E-state index contributed by atoms with van der Waals surface area (Å²) in [6.45, 7) is 1.95. The van der Waals surface area contributed by atoms with Crippen molar-refractivity contribution in [2.75, 3.05) is 13.1 Å². The zero-order valence-electron chi connectivity index (χ0n) is 19.3. The monoisotopic (exact) mass is 487 g/mol. The summed E-state index contributed by atoms with van der Waals surface area (Å²) in [6.07, 6.45) is 0.901. The molecule has 15 heteroatoms. The topological polar surface area (TPSA) is 284 Å². The molecule has 34 heavy (non-hydrogen) atoms. The molecule has 0 saturated carbocycles. The van der Waals surface area contributed by atoms with Crippen molar-refractivity contribution in [2.45, 2.75) is 69.6 Å². The highest BCUT2D eigenvalue weighted by atomic mass is 16.4. The Bertz CT molecular complexity index is 740. The van der Waals surface area contributed by atoms with Crippen molar-refractivity contribution in [1.82, 2.24) is 16.0 Å². The molecule has 194 valence electrons. The van der Waals surface area contributed by atoms with Gasteiger partial charge in [-0.05, 0) is 45.6 Å². The van der Waals surface area contributed by atoms with Gasteiger partial charge in [-0.25, -0.2) is 4.79 Å². The molecule has 0 saturated heterocycles. The van der Waals surface area contributed by atoms with E-state index in [-0.39, 0.29) is 25.3 Å². The minimum Gasteiger partial charge on any atom is -0.480 e. The highest BCUT2D eigenvalue weighted by Crippen LogP contribution is 2.05. The number of hydrogen-bond acceptors (Lipinski definition) is 8. The van der Waals surface area contributed by atoms with Crippen molar-refractivity contribution in [3.63, 3.8) is 0 Å². The van der Waals surface area contributed by atoms with E-state index in [9.17, 15) is 29.1 Å². The summed E-state index contributed by atoms with van der Waals surface area (Å²) in [6, 6.07) is -4.76. The standard InChI is InChI=1S/C19H37N9O6/c1-10(21)15(30)26-11(6-4-8-25-19(23)24)16(31)28-13(9-14(22)29)17(32)27-12(18(33)34)5-2-3-7-20/h10-13H,2-9,20-21H2,1H3,(H2,22,29)(H,26,30)(H,27,32)(H,28,31)(H,33,34)(H4,23,24,25). The van der Waals surface area contributed by atoms with E-state index in [4.69, 9.17) is 28.7 Å². The summed E-state index contributed by atoms with van der Waals surface area (Å²) in [5, 5.41) is 16.5. The van der Waals surface area contributed by atoms with E-state index in [0.29, 0.717) is 25.8 Å². The third-order valence-electron chi connectivity index (χ3n) is 4.59. The van der Waals surface area contributed by atoms with E-state index < -0.39 is 60.2 Å². The van der Waals surface area contributed by atoms with Gasteiger partial charge >= 0.3 is 5.97 Å². The fourth-order valence-electron chi connectivity index (χ4n) is 2.78. The second kappa shape index (κ2) is 16.2. The van der Waals surface area contributed by atoms with Crippen molar-refractivity contribution >= 4 is 35.6 Å². The minimum atomic E-state index is -1.46. The van der Waals surface area contributed by atoms with Crippen LogP contribution in [-0.2, 0) is 24.0 Å². The van der Waals surface area contributed by atoms with Gasteiger partial charge in [-0.15, -0.1) is 0 Å². The van der Waals surface area contributed by atoms with E-state index >= 15 is 0 Å². The lowest BCUT2D eigenvalue weighted by molar-refractivity contribution is -0.142. The summed E-state index contributed by atoms with van der Waals surface area (Å²) < 4.78 is 0. The number of rotatable bonds is 17. The van der Waals surface area contributed by atoms with Crippen LogP contribution in [0.4, 0.5) is 0 Å². The third-order valence-corrected chi connectivity index (χ3v) is 4.59. The van der Waals surface area contributed by atoms with Crippen LogP contribution in [0.2, 0.25) is 0 Å². The maximum absolute atomic E-state index is 12.8. The fraction of sp³-hybridized carbons (Fsp3) is 0.684. The van der Waals surface area contributed by atoms with E-state index in [1.165, 1.54) is 6.92 Å². The molecule has 14 N–H and O–H groups in total. The van der Waals surface area contributed by atoms with Gasteiger partial charge in [-0.2, -0.15) is 0 Å². The predicted molar refractivity (Wildman–Crippen MR) is 124 cm³/mol. The van der Waals surface area contributed by atoms with E-state index in [0.717, 1.165) is 0 Å². The highest BCUT2D eigenvalue weighted by molar-refractivity contribution is 5.96. The number of carbonyl (C=O) groups is 5. The molecule has 4 unspecified atom stereocenters. The molecule has 0 spiro atoms. The zero-order chi connectivity index (χ0) is 26.3. The largest absolute Gasteiger partial charge is 0.480 e. The van der Waals surface area contributed by atoms with Gasteiger partial charge in [0.15, 0.2) is 5.96 Å². The molecular weight excluding hydrogens is 450 g/mol. The number of nitrogens with two attached hydrogens (primary N) is 5. The first-order chi connectivity index (χ1) is 15.9. The molecule has 4 amide bonds. The number of carbonyl (C=O) groups excluding carboxylic acids is 4. The minimum absolute atomic E-state index is 0.0861. The summed E-state index contributed by atoms with van der Waals surface area (Å²) in [7, 11) is 0. The molecule has 0 aliphatic rings. The lowest BCUT2D eigenvalue weighted by Gasteiger charge is -2.24. The highest BCUT2D eigenvalue weighted by Gasteiger charge is 2.30. The van der Waals surface area contributed by atoms with Gasteiger partial charge in [0.05, 0.1) is 12.5 Å². The number of nitrogens with zero attached hydrogens (tertiary/aromatic N) is 1. The van der Waals surface area contributed by atoms with Crippen LogP contribution in [0.15, 0.2) is 4.99 Å². The van der Waals surface area contributed by atoms with Crippen molar-refractivity contribution < 1.29 is 29.1 Å². The van der Waals surface area contributed by atoms with Gasteiger partial charge in [0, 0.05) is 6.54 Å². The van der Waals surface area contributed by atoms with Gasteiger partial charge in [0.1, 0.15) is 18.1 Å². The Hall–Kier alpha value is -3.46. The maximum atomic E-state index is 12.8. The van der Waals surface area contributed by atoms with Crippen LogP contribution in [0, 0.1) is 0 Å². The van der Waals surface area contributed by atoms with Gasteiger partial charge in [-0.3, -0.25) is 24.2 Å². The predicted octanol–water partition coefficient (Wildman–Crippen LogP) is -4.07. The van der Waals surface area contributed by atoms with Crippen LogP contribution in [-0.4, -0.2) is 77.9 Å². The van der Waals surface area contributed by atoms with Crippen LogP contribution in [0.25, 0.3) is 0 Å². The quantitative estimate of drug-likeness (QED) is 0.0543. The van der Waals surface area contributed by atoms with Crippen LogP contribution in [0.3, 0.4) is 0 Å². The van der Waals surface area contributed by atoms with Gasteiger partial charge in [0.25, 0.3) is 0 Å². The summed E-state index contributed by atoms with van der Waals surface area (Å²) >= 11 is 0. The number of aliphatic carboxylic acids is 1. The Morgan fingerprint density at radius 2 is 1.35 bits per heavy atom. The van der Waals surface area contributed by atoms with Crippen molar-refractivity contribution in [3.8, 4) is 0 Å². The summed E-state index contributed by atoms with van der Waals surface area (Å²) in [4.78, 5) is 64.3. The average Bonchev–Trinajstić information content (AvgIpc) is 2.73. The summed E-state index contributed by atoms with van der Waals surface area (Å²) in [5.41, 5.74) is 26.7. The Morgan fingerprint density at radius 3 is 1.85 bits per heavy atom. The van der Waals surface area contributed by atoms with Gasteiger partial charge in [0.2, 0.25) is 23.6 Å². The van der Waals surface area contributed by atoms with Crippen LogP contribution < -0.4 is 44.6 Å². The number of hydrogen-bond donors (Lipinski definition) is 9. The SMILES string of the molecule is CC(N)C(=O)NC(CCCN=C(N)N)C(=O)NC(CC(N)=O)C(=O)NC(CCCCN)C(=O)O. The number of amides is 4. The number of carboxylic acid groups (broad SMARTS) is 1. The molecule has 0 bridgehead atoms. The lowest BCUT2D eigenvalue weighted by atomic mass is 10.1. The first-order valence-corrected chi connectivity index (χ1v) is 10.8. The normalized spacial score (nSPS) is 14.1. The maximum Gasteiger partial charge on any atom is 0.326 e. The van der Waals surface area contributed by atoms with E-state index in [1.54, 1.807) is 0 Å². The number of guanidine groups is 1. The van der Waals surface area contributed by atoms with Crippen LogP contribution in [0.1, 0.15) is 45.4 Å². The van der Waals surface area contributed by atoms with Gasteiger partial charge in [-0.1, -0.05) is 0 Å². The molecule has 0 aromatic carbocycles. The average molecular weight is 488 g/mol. The molecule has 0 fully saturated rings. The fourth-order valence-corrected chi connectivity index (χ4v) is 2.78. The van der Waals surface area contributed by atoms with Gasteiger partial charge < -0.3 is 49.7 Å². The molecule has 0 aromatic rings. The molecule has 0 aliphatic heterocycles. The number of unbranched alkanes of at least 4 members (excludes halogenated alkanes) is 1. The Kier molecular flexibility index (Phi) is 14.6. The third kappa shape index (κ3) is 13.2. The first kappa shape index (κ1) is 30.5. The molecule has 0 rings (SSSR count). The molecule has 4 atom stereocenters. The zero-order valence-corrected chi connectivity index (χ0v) is 19.3. The van der Waals surface area contributed by atoms with Crippen LogP contribution >= 0.6 is 0 Å². The molecule has 15 nitrogen and oxygen atoms in total. The summed E-state index contributed by atoms with van der Waals surface area (Å²) in [5.74, 6) is -4.65. The van der Waals surface area contributed by atoms with Crippen molar-refractivity contribution in [2.24, 2.45) is 33.7 Å². The smallest absolute Gasteiger partial charge is 0.326 e. The first-order valence-electron chi connectivity index (χ1n) is 10.8. The number of nitrogens with one attached hydrogen (secondary N) is 3. The Balaban J connectivity index is 5.44. The van der Waals surface area contributed by atoms with Crippen molar-refractivity contribution in [1.29, 1.82) is 0 Å². The number of carboxylic acids is 1. The number of primary amides is 1. The molecule has 0 radical (unpaired) electrons. The molecule has 0 aliphatic carbocycles. The molecule has 0 aromatic heterocycles. The second-order valence-electron chi connectivity index (χ2n) is 7.71. The Morgan fingerprint density at radius 1 is 0.824 bits per heavy atom.